The van der Waals surface area contributed by atoms with Gasteiger partial charge in [-0.15, -0.1) is 0 Å². The van der Waals surface area contributed by atoms with Crippen molar-refractivity contribution in [2.75, 3.05) is 32.2 Å². The number of carbonyl (C=O) groups is 3. The van der Waals surface area contributed by atoms with Gasteiger partial charge in [0.1, 0.15) is 24.7 Å². The number of ether oxygens (including phenoxy) is 3. The van der Waals surface area contributed by atoms with Crippen molar-refractivity contribution >= 4 is 56.4 Å². The fraction of sp³-hybridized carbons (Fsp3) is 0.179. The van der Waals surface area contributed by atoms with Gasteiger partial charge in [-0.05, 0) is 60.7 Å². The number of nitrogens with zero attached hydrogens (tertiary/aromatic N) is 2. The van der Waals surface area contributed by atoms with Crippen molar-refractivity contribution in [3.63, 3.8) is 0 Å². The maximum Gasteiger partial charge on any atom is 0.339 e. The lowest BCUT2D eigenvalue weighted by atomic mass is 10.2. The zero-order valence-corrected chi connectivity index (χ0v) is 24.7. The number of hydrogen-bond donors (Lipinski definition) is 1. The number of hydrogen-bond acceptors (Lipinski definition) is 12. The van der Waals surface area contributed by atoms with Crippen LogP contribution in [0.2, 0.25) is 0 Å². The zero-order valence-electron chi connectivity index (χ0n) is 23.1. The summed E-state index contributed by atoms with van der Waals surface area (Å²) in [7, 11) is -3.21. The second kappa shape index (κ2) is 12.3. The molecule has 0 aliphatic carbocycles. The Balaban J connectivity index is 1.28. The number of rotatable bonds is 9. The van der Waals surface area contributed by atoms with E-state index in [0.717, 1.165) is 11.0 Å². The Morgan fingerprint density at radius 1 is 1.07 bits per heavy atom. The highest BCUT2D eigenvalue weighted by Gasteiger charge is 2.36. The van der Waals surface area contributed by atoms with E-state index in [2.05, 4.69) is 5.32 Å². The third-order valence-corrected chi connectivity index (χ3v) is 8.49. The second-order valence-corrected chi connectivity index (χ2v) is 11.9. The molecule has 2 heterocycles. The SMILES string of the molecule is COc1cc(/C=C2\SC(=O)N(CC(=O)Nc3ccc4c(c3)OCCO4)C2=O)ccc1OS(=O)(=O)c1ccc(C)c([N+](=O)[O-])c1. The summed E-state index contributed by atoms with van der Waals surface area (Å²) >= 11 is 0.632. The van der Waals surface area contributed by atoms with Crippen LogP contribution in [0.15, 0.2) is 64.4 Å². The standard InChI is InChI=1S/C28H23N3O11S2/c1-16-3-6-19(14-20(16)31(35)36)44(37,38)42-22-7-4-17(11-23(22)39-2)12-25-27(33)30(28(34)43-25)15-26(32)29-18-5-8-21-24(13-18)41-10-9-40-21/h3-8,11-14H,9-10,15H2,1-2H3,(H,29,32)/b25-12-. The van der Waals surface area contributed by atoms with E-state index >= 15 is 0 Å². The highest BCUT2D eigenvalue weighted by molar-refractivity contribution is 8.18. The highest BCUT2D eigenvalue weighted by Crippen LogP contribution is 2.36. The molecule has 0 unspecified atom stereocenters. The highest BCUT2D eigenvalue weighted by atomic mass is 32.2. The van der Waals surface area contributed by atoms with Crippen molar-refractivity contribution in [3.05, 3.63) is 80.7 Å². The molecule has 0 aromatic heterocycles. The quantitative estimate of drug-likeness (QED) is 0.153. The van der Waals surface area contributed by atoms with Gasteiger partial charge in [-0.2, -0.15) is 8.42 Å². The molecular formula is C28H23N3O11S2. The zero-order chi connectivity index (χ0) is 31.6. The number of thioether (sulfide) groups is 1. The average Bonchev–Trinajstić information content (AvgIpc) is 3.24. The Hall–Kier alpha value is -5.09. The minimum absolute atomic E-state index is 0.0254. The van der Waals surface area contributed by atoms with Crippen LogP contribution >= 0.6 is 11.8 Å². The molecule has 14 nitrogen and oxygen atoms in total. The molecule has 0 atom stereocenters. The first-order valence-corrected chi connectivity index (χ1v) is 15.0. The van der Waals surface area contributed by atoms with E-state index in [-0.39, 0.29) is 27.7 Å². The minimum atomic E-state index is -4.48. The molecule has 1 fully saturated rings. The lowest BCUT2D eigenvalue weighted by Gasteiger charge is -2.19. The van der Waals surface area contributed by atoms with Crippen LogP contribution in [0.3, 0.4) is 0 Å². The van der Waals surface area contributed by atoms with Crippen LogP contribution in [0, 0.1) is 17.0 Å². The minimum Gasteiger partial charge on any atom is -0.493 e. The third kappa shape index (κ3) is 6.45. The Labute approximate surface area is 254 Å². The summed E-state index contributed by atoms with van der Waals surface area (Å²) < 4.78 is 47.1. The van der Waals surface area contributed by atoms with Gasteiger partial charge in [0.2, 0.25) is 5.91 Å². The Morgan fingerprint density at radius 2 is 1.82 bits per heavy atom. The molecule has 0 radical (unpaired) electrons. The summed E-state index contributed by atoms with van der Waals surface area (Å²) in [6.07, 6.45) is 1.38. The molecule has 3 aromatic rings. The predicted molar refractivity (Wildman–Crippen MR) is 157 cm³/mol. The van der Waals surface area contributed by atoms with Crippen molar-refractivity contribution in [3.8, 4) is 23.0 Å². The molecular weight excluding hydrogens is 618 g/mol. The van der Waals surface area contributed by atoms with Crippen LogP contribution in [0.4, 0.5) is 16.2 Å². The number of nitrogens with one attached hydrogen (secondary N) is 1. The molecule has 1 N–H and O–H groups in total. The van der Waals surface area contributed by atoms with Crippen LogP contribution in [-0.4, -0.2) is 62.2 Å². The van der Waals surface area contributed by atoms with Gasteiger partial charge in [-0.3, -0.25) is 29.4 Å². The smallest absolute Gasteiger partial charge is 0.339 e. The van der Waals surface area contributed by atoms with Crippen LogP contribution in [-0.2, 0) is 19.7 Å². The second-order valence-electron chi connectivity index (χ2n) is 9.33. The molecule has 3 amide bonds. The number of benzene rings is 3. The molecule has 2 aliphatic rings. The van der Waals surface area contributed by atoms with Crippen molar-refractivity contribution in [2.24, 2.45) is 0 Å². The van der Waals surface area contributed by atoms with E-state index in [9.17, 15) is 32.9 Å². The van der Waals surface area contributed by atoms with Gasteiger partial charge in [-0.1, -0.05) is 12.1 Å². The molecule has 2 aliphatic heterocycles. The van der Waals surface area contributed by atoms with E-state index in [1.54, 1.807) is 18.2 Å². The number of anilines is 1. The van der Waals surface area contributed by atoms with Gasteiger partial charge < -0.3 is 23.7 Å². The third-order valence-electron chi connectivity index (χ3n) is 6.35. The summed E-state index contributed by atoms with van der Waals surface area (Å²) in [5.74, 6) is -0.528. The van der Waals surface area contributed by atoms with Crippen LogP contribution in [0.25, 0.3) is 6.08 Å². The van der Waals surface area contributed by atoms with Gasteiger partial charge in [0.05, 0.1) is 16.9 Å². The summed E-state index contributed by atoms with van der Waals surface area (Å²) in [6, 6.07) is 12.3. The van der Waals surface area contributed by atoms with E-state index in [0.29, 0.717) is 47.7 Å². The number of carbonyl (C=O) groups excluding carboxylic acids is 3. The molecule has 0 spiro atoms. The van der Waals surface area contributed by atoms with Gasteiger partial charge >= 0.3 is 10.1 Å². The van der Waals surface area contributed by atoms with Gasteiger partial charge in [0, 0.05) is 23.4 Å². The number of methoxy groups -OCH3 is 1. The molecule has 228 valence electrons. The number of amides is 3. The summed E-state index contributed by atoms with van der Waals surface area (Å²) in [4.78, 5) is 49.1. The monoisotopic (exact) mass is 641 g/mol. The topological polar surface area (TPSA) is 181 Å². The first-order chi connectivity index (χ1) is 20.9. The van der Waals surface area contributed by atoms with Gasteiger partial charge in [-0.25, -0.2) is 0 Å². The lowest BCUT2D eigenvalue weighted by Crippen LogP contribution is -2.36. The number of imide groups is 1. The predicted octanol–water partition coefficient (Wildman–Crippen LogP) is 4.13. The molecule has 16 heteroatoms. The fourth-order valence-electron chi connectivity index (χ4n) is 4.20. The first-order valence-electron chi connectivity index (χ1n) is 12.8. The van der Waals surface area contributed by atoms with Crippen molar-refractivity contribution < 1.29 is 46.1 Å². The molecule has 3 aromatic carbocycles. The molecule has 44 heavy (non-hydrogen) atoms. The molecule has 0 bridgehead atoms. The maximum atomic E-state index is 13.0. The van der Waals surface area contributed by atoms with E-state index in [1.807, 2.05) is 0 Å². The summed E-state index contributed by atoms with van der Waals surface area (Å²) in [6.45, 7) is 1.74. The number of aryl methyl sites for hydroxylation is 1. The number of nitro benzene ring substituents is 1. The Kier molecular flexibility index (Phi) is 8.46. The summed E-state index contributed by atoms with van der Waals surface area (Å²) in [5.41, 5.74) is 0.662. The van der Waals surface area contributed by atoms with Crippen molar-refractivity contribution in [1.29, 1.82) is 0 Å². The van der Waals surface area contributed by atoms with E-state index < -0.39 is 43.5 Å². The van der Waals surface area contributed by atoms with Crippen molar-refractivity contribution in [2.45, 2.75) is 11.8 Å². The van der Waals surface area contributed by atoms with Crippen LogP contribution in [0.5, 0.6) is 23.0 Å². The summed E-state index contributed by atoms with van der Waals surface area (Å²) in [5, 5.41) is 13.2. The fourth-order valence-corrected chi connectivity index (χ4v) is 6.00. The van der Waals surface area contributed by atoms with Crippen LogP contribution < -0.4 is 23.7 Å². The molecule has 0 saturated carbocycles. The van der Waals surface area contributed by atoms with E-state index in [4.69, 9.17) is 18.4 Å². The molecule has 1 saturated heterocycles. The number of fused-ring (bicyclic) bond motifs is 1. The number of nitro groups is 1. The van der Waals surface area contributed by atoms with Gasteiger partial charge in [0.25, 0.3) is 16.8 Å². The Bertz CT molecular complexity index is 1840. The first kappa shape index (κ1) is 30.4. The van der Waals surface area contributed by atoms with E-state index in [1.165, 1.54) is 50.4 Å². The molecule has 5 rings (SSSR count). The van der Waals surface area contributed by atoms with Crippen LogP contribution in [0.1, 0.15) is 11.1 Å². The van der Waals surface area contributed by atoms with Gasteiger partial charge in [0.15, 0.2) is 23.0 Å². The largest absolute Gasteiger partial charge is 0.493 e. The lowest BCUT2D eigenvalue weighted by molar-refractivity contribution is -0.385. The average molecular weight is 642 g/mol. The Morgan fingerprint density at radius 3 is 2.55 bits per heavy atom. The maximum absolute atomic E-state index is 13.0. The van der Waals surface area contributed by atoms with Crippen molar-refractivity contribution in [1.82, 2.24) is 4.90 Å². The normalized spacial score (nSPS) is 15.3.